The number of amides is 6. The molecule has 1 aromatic rings. The third-order valence-electron chi connectivity index (χ3n) is 8.94. The van der Waals surface area contributed by atoms with Crippen molar-refractivity contribution in [3.8, 4) is 0 Å². The molecule has 1 aromatic carbocycles. The fraction of sp³-hybridized carbons (Fsp3) is 0.647. The van der Waals surface area contributed by atoms with Crippen LogP contribution in [0.2, 0.25) is 0 Å². The number of carbonyl (C=O) groups is 6. The maximum Gasteiger partial charge on any atom is 0.243 e. The number of primary amides is 1. The predicted molar refractivity (Wildman–Crippen MR) is 182 cm³/mol. The number of hydrogen-bond donors (Lipinski definition) is 9. The van der Waals surface area contributed by atoms with Gasteiger partial charge in [0, 0.05) is 5.92 Å². The fourth-order valence-corrected chi connectivity index (χ4v) is 5.93. The largest absolute Gasteiger partial charge is 0.394 e. The normalized spacial score (nSPS) is 20.2. The fourth-order valence-electron chi connectivity index (χ4n) is 5.93. The lowest BCUT2D eigenvalue weighted by molar-refractivity contribution is -0.135. The summed E-state index contributed by atoms with van der Waals surface area (Å²) in [7, 11) is 0. The van der Waals surface area contributed by atoms with E-state index in [1.807, 2.05) is 30.3 Å². The molecule has 274 valence electrons. The number of benzene rings is 1. The van der Waals surface area contributed by atoms with Crippen LogP contribution in [0.15, 0.2) is 30.3 Å². The van der Waals surface area contributed by atoms with E-state index in [0.717, 1.165) is 5.56 Å². The Balaban J connectivity index is 2.21. The summed E-state index contributed by atoms with van der Waals surface area (Å²) in [6.07, 6.45) is 0.645. The Morgan fingerprint density at radius 3 is 1.84 bits per heavy atom. The first-order valence-electron chi connectivity index (χ1n) is 16.9. The Kier molecular flexibility index (Phi) is 16.1. The number of aliphatic hydroxyl groups is 2. The molecule has 0 aliphatic heterocycles. The lowest BCUT2D eigenvalue weighted by atomic mass is 9.84. The Bertz CT molecular complexity index is 1290. The lowest BCUT2D eigenvalue weighted by Crippen LogP contribution is -2.58. The first-order valence-corrected chi connectivity index (χ1v) is 16.9. The van der Waals surface area contributed by atoms with E-state index in [1.54, 1.807) is 27.7 Å². The summed E-state index contributed by atoms with van der Waals surface area (Å²) in [5, 5.41) is 34.1. The first-order chi connectivity index (χ1) is 23.0. The summed E-state index contributed by atoms with van der Waals surface area (Å²) >= 11 is 0. The van der Waals surface area contributed by atoms with Crippen LogP contribution in [0.25, 0.3) is 0 Å². The number of aliphatic hydroxyl groups excluding tert-OH is 2. The van der Waals surface area contributed by atoms with Crippen molar-refractivity contribution >= 4 is 35.4 Å². The Morgan fingerprint density at radius 2 is 1.31 bits per heavy atom. The van der Waals surface area contributed by atoms with Crippen LogP contribution in [0.4, 0.5) is 0 Å². The van der Waals surface area contributed by atoms with Gasteiger partial charge in [-0.05, 0) is 56.4 Å². The van der Waals surface area contributed by atoms with Crippen LogP contribution < -0.4 is 38.1 Å². The Morgan fingerprint density at radius 1 is 0.755 bits per heavy atom. The van der Waals surface area contributed by atoms with Crippen molar-refractivity contribution in [3.05, 3.63) is 35.9 Å². The molecule has 11 N–H and O–H groups in total. The van der Waals surface area contributed by atoms with Crippen LogP contribution in [-0.4, -0.2) is 94.6 Å². The van der Waals surface area contributed by atoms with Gasteiger partial charge >= 0.3 is 0 Å². The molecular weight excluding hydrogens is 634 g/mol. The average molecular weight is 690 g/mol. The molecular formula is C34H55N7O8. The van der Waals surface area contributed by atoms with Gasteiger partial charge < -0.3 is 48.3 Å². The van der Waals surface area contributed by atoms with Gasteiger partial charge in [0.25, 0.3) is 0 Å². The molecule has 0 saturated heterocycles. The summed E-state index contributed by atoms with van der Waals surface area (Å²) in [4.78, 5) is 76.8. The predicted octanol–water partition coefficient (Wildman–Crippen LogP) is -1.41. The average Bonchev–Trinajstić information content (AvgIpc) is 3.55. The monoisotopic (exact) mass is 689 g/mol. The number of hydrogen-bond acceptors (Lipinski definition) is 9. The summed E-state index contributed by atoms with van der Waals surface area (Å²) in [5.41, 5.74) is 11.8. The van der Waals surface area contributed by atoms with Gasteiger partial charge in [0.05, 0.1) is 18.8 Å². The van der Waals surface area contributed by atoms with Crippen LogP contribution in [0, 0.1) is 23.7 Å². The highest BCUT2D eigenvalue weighted by Gasteiger charge is 2.42. The molecule has 1 aliphatic rings. The third kappa shape index (κ3) is 12.1. The van der Waals surface area contributed by atoms with E-state index in [2.05, 4.69) is 26.6 Å². The molecule has 0 bridgehead atoms. The molecule has 1 saturated carbocycles. The van der Waals surface area contributed by atoms with E-state index in [4.69, 9.17) is 16.6 Å². The summed E-state index contributed by atoms with van der Waals surface area (Å²) in [6.45, 7) is 9.30. The second-order valence-electron chi connectivity index (χ2n) is 13.6. The van der Waals surface area contributed by atoms with Crippen LogP contribution in [0.3, 0.4) is 0 Å². The van der Waals surface area contributed by atoms with Gasteiger partial charge in [-0.25, -0.2) is 0 Å². The number of rotatable bonds is 18. The van der Waals surface area contributed by atoms with E-state index >= 15 is 0 Å². The SMILES string of the molecule is CC(NC(=O)C(N)CO)C(=O)NC(C)C(=O)NC(Cc1ccccc1)C(O)C1CCCC1C(=O)NC(C(=O)NC(C(N)=O)C(C)C)C(C)C. The highest BCUT2D eigenvalue weighted by atomic mass is 16.3. The molecule has 9 atom stereocenters. The van der Waals surface area contributed by atoms with Gasteiger partial charge in [0.1, 0.15) is 30.2 Å². The van der Waals surface area contributed by atoms with Crippen molar-refractivity contribution in [1.82, 2.24) is 26.6 Å². The maximum absolute atomic E-state index is 13.7. The molecule has 0 radical (unpaired) electrons. The Labute approximate surface area is 288 Å². The molecule has 1 aliphatic carbocycles. The molecule has 6 amide bonds. The van der Waals surface area contributed by atoms with E-state index < -0.39 is 96.2 Å². The second kappa shape index (κ2) is 19.2. The van der Waals surface area contributed by atoms with Crippen LogP contribution in [0.1, 0.15) is 66.4 Å². The zero-order chi connectivity index (χ0) is 37.0. The van der Waals surface area contributed by atoms with E-state index in [1.165, 1.54) is 13.8 Å². The Hall–Kier alpha value is -4.08. The standard InChI is InChI=1S/C34H55N7O8/c1-17(2)26(29(36)44)40-34(49)27(18(3)4)41-32(47)23-14-10-13-22(23)28(43)25(15-21-11-8-7-9-12-21)39-31(46)20(6)37-30(45)19(5)38-33(48)24(35)16-42/h7-9,11-12,17-20,22-28,42-43H,10,13-16,35H2,1-6H3,(H2,36,44)(H,37,45)(H,38,48)(H,39,46)(H,40,49)(H,41,47). The molecule has 0 spiro atoms. The third-order valence-corrected chi connectivity index (χ3v) is 8.94. The summed E-state index contributed by atoms with van der Waals surface area (Å²) < 4.78 is 0. The van der Waals surface area contributed by atoms with Crippen LogP contribution >= 0.6 is 0 Å². The minimum absolute atomic E-state index is 0.228. The smallest absolute Gasteiger partial charge is 0.243 e. The molecule has 2 rings (SSSR count). The highest BCUT2D eigenvalue weighted by molar-refractivity contribution is 5.93. The summed E-state index contributed by atoms with van der Waals surface area (Å²) in [6, 6.07) is 3.15. The van der Waals surface area contributed by atoms with Crippen molar-refractivity contribution < 1.29 is 39.0 Å². The van der Waals surface area contributed by atoms with Gasteiger partial charge in [0.15, 0.2) is 0 Å². The lowest BCUT2D eigenvalue weighted by Gasteiger charge is -2.33. The minimum Gasteiger partial charge on any atom is -0.394 e. The zero-order valence-electron chi connectivity index (χ0n) is 29.3. The van der Waals surface area contributed by atoms with Crippen molar-refractivity contribution in [2.75, 3.05) is 6.61 Å². The molecule has 49 heavy (non-hydrogen) atoms. The quantitative estimate of drug-likeness (QED) is 0.0876. The van der Waals surface area contributed by atoms with Gasteiger partial charge in [-0.1, -0.05) is 64.4 Å². The molecule has 9 unspecified atom stereocenters. The van der Waals surface area contributed by atoms with Gasteiger partial charge in [-0.3, -0.25) is 28.8 Å². The van der Waals surface area contributed by atoms with E-state index in [0.29, 0.717) is 19.3 Å². The van der Waals surface area contributed by atoms with Crippen molar-refractivity contribution in [2.45, 2.75) is 110 Å². The molecule has 1 fully saturated rings. The van der Waals surface area contributed by atoms with Crippen molar-refractivity contribution in [2.24, 2.45) is 35.1 Å². The molecule has 15 nitrogen and oxygen atoms in total. The zero-order valence-corrected chi connectivity index (χ0v) is 29.3. The molecule has 0 heterocycles. The van der Waals surface area contributed by atoms with Crippen molar-refractivity contribution in [1.29, 1.82) is 0 Å². The van der Waals surface area contributed by atoms with Crippen LogP contribution in [0.5, 0.6) is 0 Å². The van der Waals surface area contributed by atoms with E-state index in [9.17, 15) is 33.9 Å². The maximum atomic E-state index is 13.7. The van der Waals surface area contributed by atoms with Crippen LogP contribution in [-0.2, 0) is 35.2 Å². The molecule has 15 heteroatoms. The van der Waals surface area contributed by atoms with E-state index in [-0.39, 0.29) is 18.3 Å². The number of nitrogens with two attached hydrogens (primary N) is 2. The number of carbonyl (C=O) groups excluding carboxylic acids is 6. The second-order valence-corrected chi connectivity index (χ2v) is 13.6. The van der Waals surface area contributed by atoms with Gasteiger partial charge in [-0.15, -0.1) is 0 Å². The number of nitrogens with one attached hydrogen (secondary N) is 5. The topological polar surface area (TPSA) is 255 Å². The minimum atomic E-state index is -1.20. The summed E-state index contributed by atoms with van der Waals surface area (Å²) in [5.74, 6) is -5.42. The van der Waals surface area contributed by atoms with Crippen molar-refractivity contribution in [3.63, 3.8) is 0 Å². The van der Waals surface area contributed by atoms with Gasteiger partial charge in [0.2, 0.25) is 35.4 Å². The first kappa shape index (κ1) is 41.1. The van der Waals surface area contributed by atoms with Gasteiger partial charge in [-0.2, -0.15) is 0 Å². The highest BCUT2D eigenvalue weighted by Crippen LogP contribution is 2.36. The molecule has 0 aromatic heterocycles.